The van der Waals surface area contributed by atoms with Crippen molar-refractivity contribution in [3.05, 3.63) is 59.4 Å². The van der Waals surface area contributed by atoms with Crippen LogP contribution in [0.3, 0.4) is 0 Å². The Balaban J connectivity index is 1.70. The Kier molecular flexibility index (Phi) is 3.93. The van der Waals surface area contributed by atoms with Gasteiger partial charge in [-0.25, -0.2) is 4.39 Å². The molecule has 0 radical (unpaired) electrons. The van der Waals surface area contributed by atoms with Crippen molar-refractivity contribution in [2.45, 2.75) is 38.0 Å². The Morgan fingerprint density at radius 1 is 1.00 bits per heavy atom. The van der Waals surface area contributed by atoms with Crippen molar-refractivity contribution in [1.82, 2.24) is 0 Å². The summed E-state index contributed by atoms with van der Waals surface area (Å²) in [4.78, 5) is 10.7. The highest BCUT2D eigenvalue weighted by atomic mass is 19.1. The molecule has 122 valence electrons. The SMILES string of the molecule is O=Cc1ccc(-c2cc3cc(C4CCCCC4)ccc3o2)cc1F. The van der Waals surface area contributed by atoms with Crippen molar-refractivity contribution < 1.29 is 13.6 Å². The maximum atomic E-state index is 13.8. The normalized spacial score (nSPS) is 15.7. The maximum absolute atomic E-state index is 13.8. The van der Waals surface area contributed by atoms with E-state index in [1.807, 2.05) is 12.1 Å². The number of furan rings is 1. The molecule has 0 amide bonds. The lowest BCUT2D eigenvalue weighted by Crippen LogP contribution is -2.03. The zero-order valence-corrected chi connectivity index (χ0v) is 13.4. The standard InChI is InChI=1S/C21H19FO2/c22-19-11-16(6-7-17(19)13-23)21-12-18-10-15(8-9-20(18)24-21)14-4-2-1-3-5-14/h6-14H,1-5H2. The lowest BCUT2D eigenvalue weighted by Gasteiger charge is -2.21. The van der Waals surface area contributed by atoms with Crippen LogP contribution in [0.2, 0.25) is 0 Å². The van der Waals surface area contributed by atoms with E-state index in [9.17, 15) is 9.18 Å². The highest BCUT2D eigenvalue weighted by molar-refractivity contribution is 5.84. The van der Waals surface area contributed by atoms with Crippen LogP contribution in [0.5, 0.6) is 0 Å². The van der Waals surface area contributed by atoms with Gasteiger partial charge in [-0.15, -0.1) is 0 Å². The lowest BCUT2D eigenvalue weighted by atomic mass is 9.84. The number of halogens is 1. The molecule has 0 spiro atoms. The topological polar surface area (TPSA) is 30.2 Å². The molecule has 4 rings (SSSR count). The van der Waals surface area contributed by atoms with Gasteiger partial charge in [0.05, 0.1) is 5.56 Å². The molecule has 2 nitrogen and oxygen atoms in total. The van der Waals surface area contributed by atoms with E-state index < -0.39 is 5.82 Å². The summed E-state index contributed by atoms with van der Waals surface area (Å²) in [6.45, 7) is 0. The fourth-order valence-electron chi connectivity index (χ4n) is 3.67. The molecule has 1 aliphatic carbocycles. The summed E-state index contributed by atoms with van der Waals surface area (Å²) in [5.41, 5.74) is 2.89. The second-order valence-electron chi connectivity index (χ2n) is 6.60. The van der Waals surface area contributed by atoms with Gasteiger partial charge in [0.25, 0.3) is 0 Å². The minimum atomic E-state index is -0.522. The van der Waals surface area contributed by atoms with Crippen LogP contribution in [-0.2, 0) is 0 Å². The van der Waals surface area contributed by atoms with Crippen LogP contribution < -0.4 is 0 Å². The van der Waals surface area contributed by atoms with Gasteiger partial charge in [0.2, 0.25) is 0 Å². The highest BCUT2D eigenvalue weighted by Gasteiger charge is 2.17. The molecule has 1 saturated carbocycles. The largest absolute Gasteiger partial charge is 0.456 e. The molecule has 2 aromatic carbocycles. The van der Waals surface area contributed by atoms with E-state index >= 15 is 0 Å². The van der Waals surface area contributed by atoms with E-state index in [0.29, 0.717) is 23.5 Å². The molecule has 0 unspecified atom stereocenters. The smallest absolute Gasteiger partial charge is 0.152 e. The van der Waals surface area contributed by atoms with Crippen LogP contribution >= 0.6 is 0 Å². The van der Waals surface area contributed by atoms with Gasteiger partial charge < -0.3 is 4.42 Å². The van der Waals surface area contributed by atoms with Gasteiger partial charge >= 0.3 is 0 Å². The number of hydrogen-bond acceptors (Lipinski definition) is 2. The summed E-state index contributed by atoms with van der Waals surface area (Å²) in [6, 6.07) is 12.9. The molecule has 0 saturated heterocycles. The average molecular weight is 322 g/mol. The number of fused-ring (bicyclic) bond motifs is 1. The summed E-state index contributed by atoms with van der Waals surface area (Å²) in [6.07, 6.45) is 7.00. The van der Waals surface area contributed by atoms with Crippen molar-refractivity contribution in [3.8, 4) is 11.3 Å². The third-order valence-corrected chi connectivity index (χ3v) is 5.03. The van der Waals surface area contributed by atoms with Gasteiger partial charge in [0.15, 0.2) is 6.29 Å². The van der Waals surface area contributed by atoms with Crippen LogP contribution in [0.4, 0.5) is 4.39 Å². The number of carbonyl (C=O) groups excluding carboxylic acids is 1. The fraction of sp³-hybridized carbons (Fsp3) is 0.286. The van der Waals surface area contributed by atoms with E-state index in [0.717, 1.165) is 11.0 Å². The minimum Gasteiger partial charge on any atom is -0.456 e. The predicted molar refractivity (Wildman–Crippen MR) is 92.8 cm³/mol. The Morgan fingerprint density at radius 3 is 2.58 bits per heavy atom. The molecule has 24 heavy (non-hydrogen) atoms. The summed E-state index contributed by atoms with van der Waals surface area (Å²) in [5, 5.41) is 1.05. The Hall–Kier alpha value is -2.42. The molecule has 0 N–H and O–H groups in total. The number of aldehydes is 1. The first-order chi connectivity index (χ1) is 11.7. The minimum absolute atomic E-state index is 0.0643. The first kappa shape index (κ1) is 15.1. The second-order valence-corrected chi connectivity index (χ2v) is 6.60. The summed E-state index contributed by atoms with van der Waals surface area (Å²) >= 11 is 0. The van der Waals surface area contributed by atoms with Crippen LogP contribution in [-0.4, -0.2) is 6.29 Å². The molecular formula is C21H19FO2. The maximum Gasteiger partial charge on any atom is 0.152 e. The average Bonchev–Trinajstić information content (AvgIpc) is 3.05. The number of hydrogen-bond donors (Lipinski definition) is 0. The van der Waals surface area contributed by atoms with E-state index in [2.05, 4.69) is 12.1 Å². The molecule has 3 heteroatoms. The summed E-state index contributed by atoms with van der Waals surface area (Å²) < 4.78 is 19.7. The van der Waals surface area contributed by atoms with Gasteiger partial charge in [-0.2, -0.15) is 0 Å². The van der Waals surface area contributed by atoms with Gasteiger partial charge in [0, 0.05) is 10.9 Å². The first-order valence-electron chi connectivity index (χ1n) is 8.53. The van der Waals surface area contributed by atoms with Gasteiger partial charge in [0.1, 0.15) is 17.2 Å². The van der Waals surface area contributed by atoms with Crippen LogP contribution in [0, 0.1) is 5.82 Å². The molecule has 1 aliphatic rings. The highest BCUT2D eigenvalue weighted by Crippen LogP contribution is 2.36. The number of rotatable bonds is 3. The van der Waals surface area contributed by atoms with Gasteiger partial charge in [-0.05, 0) is 54.7 Å². The molecule has 0 aliphatic heterocycles. The molecule has 1 fully saturated rings. The molecular weight excluding hydrogens is 303 g/mol. The first-order valence-corrected chi connectivity index (χ1v) is 8.53. The molecule has 1 aromatic heterocycles. The van der Waals surface area contributed by atoms with E-state index in [1.54, 1.807) is 6.07 Å². The Labute approximate surface area is 140 Å². The van der Waals surface area contributed by atoms with E-state index in [1.165, 1.54) is 49.8 Å². The zero-order valence-electron chi connectivity index (χ0n) is 13.4. The van der Waals surface area contributed by atoms with Crippen molar-refractivity contribution in [2.75, 3.05) is 0 Å². The van der Waals surface area contributed by atoms with Gasteiger partial charge in [-0.1, -0.05) is 31.4 Å². The van der Waals surface area contributed by atoms with Crippen molar-refractivity contribution in [1.29, 1.82) is 0 Å². The van der Waals surface area contributed by atoms with Crippen LogP contribution in [0.15, 0.2) is 46.9 Å². The quantitative estimate of drug-likeness (QED) is 0.545. The Morgan fingerprint density at radius 2 is 1.83 bits per heavy atom. The monoisotopic (exact) mass is 322 g/mol. The fourth-order valence-corrected chi connectivity index (χ4v) is 3.67. The van der Waals surface area contributed by atoms with Crippen LogP contribution in [0.1, 0.15) is 53.9 Å². The number of benzene rings is 2. The summed E-state index contributed by atoms with van der Waals surface area (Å²) in [7, 11) is 0. The predicted octanol–water partition coefficient (Wildman–Crippen LogP) is 6.10. The lowest BCUT2D eigenvalue weighted by molar-refractivity contribution is 0.112. The van der Waals surface area contributed by atoms with Crippen molar-refractivity contribution >= 4 is 17.3 Å². The second kappa shape index (κ2) is 6.23. The van der Waals surface area contributed by atoms with E-state index in [-0.39, 0.29) is 5.56 Å². The summed E-state index contributed by atoms with van der Waals surface area (Å²) in [5.74, 6) is 0.749. The van der Waals surface area contributed by atoms with Crippen molar-refractivity contribution in [2.24, 2.45) is 0 Å². The zero-order chi connectivity index (χ0) is 16.5. The third kappa shape index (κ3) is 2.75. The third-order valence-electron chi connectivity index (χ3n) is 5.03. The molecule has 0 bridgehead atoms. The number of carbonyl (C=O) groups is 1. The van der Waals surface area contributed by atoms with Crippen molar-refractivity contribution in [3.63, 3.8) is 0 Å². The Bertz CT molecular complexity index is 888. The molecule has 0 atom stereocenters. The molecule has 3 aromatic rings. The van der Waals surface area contributed by atoms with E-state index in [4.69, 9.17) is 4.42 Å². The van der Waals surface area contributed by atoms with Gasteiger partial charge in [-0.3, -0.25) is 4.79 Å². The van der Waals surface area contributed by atoms with Crippen LogP contribution in [0.25, 0.3) is 22.3 Å². The molecule has 1 heterocycles.